The summed E-state index contributed by atoms with van der Waals surface area (Å²) in [6, 6.07) is 0. The Balaban J connectivity index is 2.77. The molecule has 0 radical (unpaired) electrons. The molecule has 0 amide bonds. The van der Waals surface area contributed by atoms with Crippen LogP contribution in [0.5, 0.6) is 0 Å². The van der Waals surface area contributed by atoms with Gasteiger partial charge in [-0.25, -0.2) is 10.3 Å². The van der Waals surface area contributed by atoms with Crippen molar-refractivity contribution in [3.63, 3.8) is 0 Å². The van der Waals surface area contributed by atoms with Gasteiger partial charge in [0, 0.05) is 6.08 Å². The summed E-state index contributed by atoms with van der Waals surface area (Å²) in [5.74, 6) is 1.61. The fourth-order valence-corrected chi connectivity index (χ4v) is 0.288. The second-order valence-corrected chi connectivity index (χ2v) is 1.04. The normalized spacial score (nSPS) is 15.1. The molecule has 0 bridgehead atoms. The maximum absolute atomic E-state index is 9.65. The van der Waals surface area contributed by atoms with Crippen molar-refractivity contribution in [1.29, 1.82) is 0 Å². The number of hydrogen-bond donors (Lipinski definition) is 1. The maximum atomic E-state index is 9.65. The summed E-state index contributed by atoms with van der Waals surface area (Å²) in [5, 5.41) is 0. The summed E-state index contributed by atoms with van der Waals surface area (Å²) in [6.45, 7) is 0. The van der Waals surface area contributed by atoms with Crippen molar-refractivity contribution >= 4 is 5.94 Å². The van der Waals surface area contributed by atoms with Crippen LogP contribution in [0.15, 0.2) is 18.0 Å². The first-order valence-corrected chi connectivity index (χ1v) is 1.77. The minimum absolute atomic E-state index is 0.333. The summed E-state index contributed by atoms with van der Waals surface area (Å²) in [4.78, 5) is 14.1. The lowest BCUT2D eigenvalue weighted by molar-refractivity contribution is 0.187. The third-order valence-electron chi connectivity index (χ3n) is 0.582. The topological polar surface area (TPSA) is 38.3 Å². The van der Waals surface area contributed by atoms with E-state index in [2.05, 4.69) is 10.3 Å². The Hall–Kier alpha value is -1.21. The first-order chi connectivity index (χ1) is 3.43. The lowest BCUT2D eigenvalue weighted by atomic mass is 10.5. The molecule has 7 heavy (non-hydrogen) atoms. The van der Waals surface area contributed by atoms with Crippen LogP contribution < -0.4 is 5.48 Å². The van der Waals surface area contributed by atoms with Gasteiger partial charge in [-0.15, -0.1) is 0 Å². The van der Waals surface area contributed by atoms with Gasteiger partial charge in [-0.2, -0.15) is 0 Å². The number of rotatable bonds is 0. The van der Waals surface area contributed by atoms with Crippen LogP contribution >= 0.6 is 0 Å². The van der Waals surface area contributed by atoms with E-state index in [1.165, 1.54) is 12.3 Å². The van der Waals surface area contributed by atoms with E-state index in [1.54, 1.807) is 5.94 Å². The fraction of sp³-hybridized carbons (Fsp3) is 0. The summed E-state index contributed by atoms with van der Waals surface area (Å²) < 4.78 is 0. The summed E-state index contributed by atoms with van der Waals surface area (Å²) in [5.41, 5.74) is 2.62. The zero-order chi connectivity index (χ0) is 5.11. The monoisotopic (exact) mass is 97.0 g/mol. The van der Waals surface area contributed by atoms with Crippen molar-refractivity contribution in [2.24, 2.45) is 0 Å². The Labute approximate surface area is 40.2 Å². The first kappa shape index (κ1) is 3.96. The number of allylic oxidation sites excluding steroid dienone is 1. The van der Waals surface area contributed by atoms with Crippen LogP contribution in [0.1, 0.15) is 0 Å². The highest BCUT2D eigenvalue weighted by molar-refractivity contribution is 5.56. The van der Waals surface area contributed by atoms with E-state index in [4.69, 9.17) is 0 Å². The Bertz CT molecular complexity index is 144. The van der Waals surface area contributed by atoms with Crippen molar-refractivity contribution < 1.29 is 9.63 Å². The van der Waals surface area contributed by atoms with Gasteiger partial charge < -0.3 is 4.84 Å². The molecular formula is C4H3NO2. The quantitative estimate of drug-likeness (QED) is 0.423. The molecule has 36 valence electrons. The standard InChI is InChI=1S/C4H3NO2/c6-3-4-1-2-7-5-4/h1-2,5H. The molecule has 0 atom stereocenters. The summed E-state index contributed by atoms with van der Waals surface area (Å²) >= 11 is 0. The molecule has 0 spiro atoms. The molecule has 1 heterocycles. The van der Waals surface area contributed by atoms with Crippen LogP contribution in [-0.2, 0) is 9.63 Å². The summed E-state index contributed by atoms with van der Waals surface area (Å²) in [6.07, 6.45) is 2.87. The number of nitrogens with one attached hydrogen (secondary N) is 1. The fourth-order valence-electron chi connectivity index (χ4n) is 0.288. The van der Waals surface area contributed by atoms with Gasteiger partial charge in [-0.05, 0) is 0 Å². The molecule has 0 aromatic carbocycles. The molecule has 1 aliphatic rings. The van der Waals surface area contributed by atoms with Gasteiger partial charge in [-0.1, -0.05) is 0 Å². The predicted octanol–water partition coefficient (Wildman–Crippen LogP) is -0.250. The average Bonchev–Trinajstić information content (AvgIpc) is 2.14. The lowest BCUT2D eigenvalue weighted by Crippen LogP contribution is -2.01. The van der Waals surface area contributed by atoms with Crippen molar-refractivity contribution in [2.75, 3.05) is 0 Å². The van der Waals surface area contributed by atoms with E-state index in [-0.39, 0.29) is 0 Å². The molecule has 0 saturated heterocycles. The molecule has 1 N–H and O–H groups in total. The highest BCUT2D eigenvalue weighted by atomic mass is 16.6. The molecule has 0 aliphatic carbocycles. The van der Waals surface area contributed by atoms with Gasteiger partial charge in [0.15, 0.2) is 11.6 Å². The van der Waals surface area contributed by atoms with E-state index < -0.39 is 0 Å². The van der Waals surface area contributed by atoms with Crippen molar-refractivity contribution in [3.8, 4) is 0 Å². The van der Waals surface area contributed by atoms with E-state index >= 15 is 0 Å². The van der Waals surface area contributed by atoms with E-state index in [0.717, 1.165) is 0 Å². The van der Waals surface area contributed by atoms with Gasteiger partial charge in [0.25, 0.3) is 0 Å². The number of carbonyl (C=O) groups excluding carboxylic acids is 1. The maximum Gasteiger partial charge on any atom is 0.158 e. The van der Waals surface area contributed by atoms with Crippen LogP contribution in [0.3, 0.4) is 0 Å². The molecule has 1 aliphatic heterocycles. The molecule has 0 fully saturated rings. The molecule has 0 aromatic rings. The third kappa shape index (κ3) is 0.614. The number of hydroxylamine groups is 1. The minimum Gasteiger partial charge on any atom is -0.389 e. The largest absolute Gasteiger partial charge is 0.389 e. The van der Waals surface area contributed by atoms with Gasteiger partial charge in [0.1, 0.15) is 6.26 Å². The second-order valence-electron chi connectivity index (χ2n) is 1.04. The van der Waals surface area contributed by atoms with E-state index in [1.807, 2.05) is 0 Å². The Morgan fingerprint density at radius 3 is 3.00 bits per heavy atom. The highest BCUT2D eigenvalue weighted by Crippen LogP contribution is 1.92. The average molecular weight is 97.1 g/mol. The smallest absolute Gasteiger partial charge is 0.158 e. The molecule has 0 saturated carbocycles. The van der Waals surface area contributed by atoms with Gasteiger partial charge in [0.05, 0.1) is 0 Å². The SMILES string of the molecule is O=C=C1C=CON1. The van der Waals surface area contributed by atoms with Crippen LogP contribution in [0.4, 0.5) is 0 Å². The van der Waals surface area contributed by atoms with Crippen molar-refractivity contribution in [3.05, 3.63) is 18.0 Å². The Kier molecular flexibility index (Phi) is 0.845. The second kappa shape index (κ2) is 1.49. The van der Waals surface area contributed by atoms with Crippen molar-refractivity contribution in [1.82, 2.24) is 5.48 Å². The highest BCUT2D eigenvalue weighted by Gasteiger charge is 1.95. The lowest BCUT2D eigenvalue weighted by Gasteiger charge is -1.86. The Morgan fingerprint density at radius 1 is 1.86 bits per heavy atom. The van der Waals surface area contributed by atoms with Crippen LogP contribution in [-0.4, -0.2) is 5.94 Å². The zero-order valence-electron chi connectivity index (χ0n) is 3.47. The van der Waals surface area contributed by atoms with E-state index in [0.29, 0.717) is 5.70 Å². The Morgan fingerprint density at radius 2 is 2.71 bits per heavy atom. The molecule has 3 nitrogen and oxygen atoms in total. The molecule has 0 aromatic heterocycles. The molecule has 3 heteroatoms. The zero-order valence-corrected chi connectivity index (χ0v) is 3.47. The van der Waals surface area contributed by atoms with Crippen LogP contribution in [0.25, 0.3) is 0 Å². The molecule has 0 unspecified atom stereocenters. The first-order valence-electron chi connectivity index (χ1n) is 1.77. The van der Waals surface area contributed by atoms with Gasteiger partial charge >= 0.3 is 0 Å². The third-order valence-corrected chi connectivity index (χ3v) is 0.582. The van der Waals surface area contributed by atoms with Crippen molar-refractivity contribution in [2.45, 2.75) is 0 Å². The molecule has 1 rings (SSSR count). The van der Waals surface area contributed by atoms with Crippen LogP contribution in [0, 0.1) is 0 Å². The summed E-state index contributed by atoms with van der Waals surface area (Å²) in [7, 11) is 0. The number of hydrogen-bond acceptors (Lipinski definition) is 3. The minimum atomic E-state index is 0.333. The van der Waals surface area contributed by atoms with Crippen LogP contribution in [0.2, 0.25) is 0 Å². The van der Waals surface area contributed by atoms with Gasteiger partial charge in [-0.3, -0.25) is 0 Å². The molecular weight excluding hydrogens is 94.0 g/mol. The van der Waals surface area contributed by atoms with E-state index in [9.17, 15) is 4.79 Å². The predicted molar refractivity (Wildman–Crippen MR) is 22.6 cm³/mol. The van der Waals surface area contributed by atoms with Gasteiger partial charge in [0.2, 0.25) is 0 Å².